The minimum absolute atomic E-state index is 0.0447. The average molecular weight is 437 g/mol. The number of aryl methyl sites for hydroxylation is 1. The Labute approximate surface area is 173 Å². The van der Waals surface area contributed by atoms with Gasteiger partial charge in [-0.25, -0.2) is 15.0 Å². The molecule has 0 radical (unpaired) electrons. The number of hydrogen-bond donors (Lipinski definition) is 0. The molecule has 0 amide bonds. The molecule has 158 valence electrons. The molecule has 7 nitrogen and oxygen atoms in total. The molecule has 0 aliphatic heterocycles. The number of halogens is 3. The topological polar surface area (TPSA) is 93.7 Å². The molecule has 3 aromatic heterocycles. The first-order valence-corrected chi connectivity index (χ1v) is 10.2. The van der Waals surface area contributed by atoms with Crippen molar-refractivity contribution in [2.24, 2.45) is 7.05 Å². The van der Waals surface area contributed by atoms with Gasteiger partial charge in [0.1, 0.15) is 23.0 Å². The van der Waals surface area contributed by atoms with Crippen LogP contribution in [0.1, 0.15) is 26.3 Å². The summed E-state index contributed by atoms with van der Waals surface area (Å²) >= 11 is 0. The molecule has 3 rings (SSSR count). The zero-order valence-corrected chi connectivity index (χ0v) is 17.4. The van der Waals surface area contributed by atoms with Crippen molar-refractivity contribution in [3.8, 4) is 23.3 Å². The highest BCUT2D eigenvalue weighted by Gasteiger charge is 2.32. The van der Waals surface area contributed by atoms with Crippen LogP contribution in [0.5, 0.6) is 5.75 Å². The predicted octanol–water partition coefficient (Wildman–Crippen LogP) is 3.86. The Morgan fingerprint density at radius 1 is 1.23 bits per heavy atom. The van der Waals surface area contributed by atoms with E-state index < -0.39 is 28.1 Å². The summed E-state index contributed by atoms with van der Waals surface area (Å²) < 4.78 is 58.8. The first-order valence-electron chi connectivity index (χ1n) is 8.85. The van der Waals surface area contributed by atoms with Crippen LogP contribution in [0.2, 0.25) is 0 Å². The molecule has 3 aromatic rings. The first kappa shape index (κ1) is 21.7. The zero-order chi connectivity index (χ0) is 22.3. The SMILES string of the molecule is CC[S@](=O)c1cc(OC(C)(C)C#N)cnc1-c1nc2cc(C(F)(F)F)cnc2n1C. The number of fused-ring (bicyclic) bond motifs is 1. The highest BCUT2D eigenvalue weighted by molar-refractivity contribution is 7.85. The fourth-order valence-electron chi connectivity index (χ4n) is 2.74. The molecule has 0 N–H and O–H groups in total. The van der Waals surface area contributed by atoms with Gasteiger partial charge in [-0.15, -0.1) is 0 Å². The highest BCUT2D eigenvalue weighted by Crippen LogP contribution is 2.33. The number of imidazole rings is 1. The Bertz CT molecular complexity index is 1180. The number of nitriles is 1. The molecule has 0 aromatic carbocycles. The molecule has 0 saturated carbocycles. The standard InChI is InChI=1S/C19H18F3N5O2S/c1-5-30(28)14-7-12(29-18(2,3)10-23)9-24-15(14)17-26-13-6-11(19(20,21)22)8-25-16(13)27(17)4/h6-9H,5H2,1-4H3/t30-/m0/s1. The van der Waals surface area contributed by atoms with E-state index in [0.29, 0.717) is 4.90 Å². The van der Waals surface area contributed by atoms with Gasteiger partial charge in [0.2, 0.25) is 0 Å². The number of alkyl halides is 3. The van der Waals surface area contributed by atoms with E-state index in [1.165, 1.54) is 16.8 Å². The van der Waals surface area contributed by atoms with Gasteiger partial charge >= 0.3 is 6.18 Å². The molecule has 0 fully saturated rings. The second kappa shape index (κ2) is 7.68. The molecule has 3 heterocycles. The molecule has 1 atom stereocenters. The van der Waals surface area contributed by atoms with Gasteiger partial charge in [0.25, 0.3) is 0 Å². The van der Waals surface area contributed by atoms with Crippen LogP contribution in [0.4, 0.5) is 13.2 Å². The van der Waals surface area contributed by atoms with Crippen molar-refractivity contribution in [2.45, 2.75) is 37.4 Å². The van der Waals surface area contributed by atoms with E-state index in [1.54, 1.807) is 27.8 Å². The lowest BCUT2D eigenvalue weighted by Gasteiger charge is -2.19. The quantitative estimate of drug-likeness (QED) is 0.602. The summed E-state index contributed by atoms with van der Waals surface area (Å²) in [5, 5.41) is 9.15. The van der Waals surface area contributed by atoms with Gasteiger partial charge in [-0.3, -0.25) is 4.21 Å². The van der Waals surface area contributed by atoms with Gasteiger partial charge in [0, 0.05) is 25.1 Å². The van der Waals surface area contributed by atoms with Gasteiger partial charge in [-0.05, 0) is 19.9 Å². The number of ether oxygens (including phenoxy) is 1. The van der Waals surface area contributed by atoms with E-state index in [1.807, 2.05) is 6.07 Å². The van der Waals surface area contributed by atoms with Gasteiger partial charge in [-0.1, -0.05) is 6.92 Å². The molecule has 0 spiro atoms. The molecule has 0 unspecified atom stereocenters. The van der Waals surface area contributed by atoms with Crippen molar-refractivity contribution < 1.29 is 22.1 Å². The molecule has 30 heavy (non-hydrogen) atoms. The second-order valence-electron chi connectivity index (χ2n) is 6.94. The molecular weight excluding hydrogens is 419 g/mol. The van der Waals surface area contributed by atoms with Crippen LogP contribution in [0.3, 0.4) is 0 Å². The van der Waals surface area contributed by atoms with Crippen LogP contribution in [-0.2, 0) is 24.0 Å². The lowest BCUT2D eigenvalue weighted by molar-refractivity contribution is -0.137. The molecule has 0 aliphatic rings. The number of nitrogens with zero attached hydrogens (tertiary/aromatic N) is 5. The van der Waals surface area contributed by atoms with Gasteiger partial charge < -0.3 is 9.30 Å². The first-order chi connectivity index (χ1) is 14.0. The lowest BCUT2D eigenvalue weighted by Crippen LogP contribution is -2.25. The van der Waals surface area contributed by atoms with E-state index in [2.05, 4.69) is 15.0 Å². The normalized spacial score (nSPS) is 13.3. The number of pyridine rings is 2. The van der Waals surface area contributed by atoms with Crippen LogP contribution in [0.25, 0.3) is 22.7 Å². The minimum Gasteiger partial charge on any atom is -0.471 e. The molecular formula is C19H18F3N5O2S. The van der Waals surface area contributed by atoms with Crippen molar-refractivity contribution in [3.05, 3.63) is 30.1 Å². The van der Waals surface area contributed by atoms with Crippen molar-refractivity contribution >= 4 is 22.0 Å². The lowest BCUT2D eigenvalue weighted by atomic mass is 10.2. The maximum absolute atomic E-state index is 13.0. The van der Waals surface area contributed by atoms with Crippen molar-refractivity contribution in [3.63, 3.8) is 0 Å². The molecule has 0 bridgehead atoms. The fourth-order valence-corrected chi connectivity index (χ4v) is 3.66. The maximum atomic E-state index is 13.0. The Morgan fingerprint density at radius 3 is 2.53 bits per heavy atom. The summed E-state index contributed by atoms with van der Waals surface area (Å²) in [4.78, 5) is 12.8. The Morgan fingerprint density at radius 2 is 1.93 bits per heavy atom. The highest BCUT2D eigenvalue weighted by atomic mass is 32.2. The monoisotopic (exact) mass is 437 g/mol. The summed E-state index contributed by atoms with van der Waals surface area (Å²) in [6.45, 7) is 4.87. The Balaban J connectivity index is 2.17. The van der Waals surface area contributed by atoms with Crippen LogP contribution in [0, 0.1) is 11.3 Å². The van der Waals surface area contributed by atoms with Gasteiger partial charge in [-0.2, -0.15) is 18.4 Å². The van der Waals surface area contributed by atoms with Crippen molar-refractivity contribution in [1.29, 1.82) is 5.26 Å². The Kier molecular flexibility index (Phi) is 5.56. The number of aromatic nitrogens is 4. The third-order valence-corrected chi connectivity index (χ3v) is 5.55. The summed E-state index contributed by atoms with van der Waals surface area (Å²) in [7, 11) is 0.121. The van der Waals surface area contributed by atoms with Crippen LogP contribution >= 0.6 is 0 Å². The predicted molar refractivity (Wildman–Crippen MR) is 104 cm³/mol. The van der Waals surface area contributed by atoms with Crippen molar-refractivity contribution in [1.82, 2.24) is 19.5 Å². The minimum atomic E-state index is -4.54. The van der Waals surface area contributed by atoms with E-state index in [0.717, 1.165) is 12.3 Å². The second-order valence-corrected chi connectivity index (χ2v) is 8.64. The third-order valence-electron chi connectivity index (χ3n) is 4.23. The largest absolute Gasteiger partial charge is 0.471 e. The van der Waals surface area contributed by atoms with Crippen LogP contribution in [0.15, 0.2) is 29.4 Å². The smallest absolute Gasteiger partial charge is 0.417 e. The summed E-state index contributed by atoms with van der Waals surface area (Å²) in [6, 6.07) is 4.42. The van der Waals surface area contributed by atoms with E-state index in [-0.39, 0.29) is 34.2 Å². The van der Waals surface area contributed by atoms with Gasteiger partial charge in [0.15, 0.2) is 17.1 Å². The number of hydrogen-bond acceptors (Lipinski definition) is 6. The van der Waals surface area contributed by atoms with E-state index in [9.17, 15) is 17.4 Å². The summed E-state index contributed by atoms with van der Waals surface area (Å²) in [5.74, 6) is 0.748. The van der Waals surface area contributed by atoms with Crippen molar-refractivity contribution in [2.75, 3.05) is 5.75 Å². The maximum Gasteiger partial charge on any atom is 0.417 e. The third kappa shape index (κ3) is 4.14. The Hall–Kier alpha value is -3.00. The van der Waals surface area contributed by atoms with E-state index >= 15 is 0 Å². The number of rotatable bonds is 5. The molecule has 0 aliphatic carbocycles. The summed E-state index contributed by atoms with van der Waals surface area (Å²) in [6.07, 6.45) is -2.44. The average Bonchev–Trinajstić information content (AvgIpc) is 3.02. The zero-order valence-electron chi connectivity index (χ0n) is 16.6. The molecule has 0 saturated heterocycles. The molecule has 11 heteroatoms. The van der Waals surface area contributed by atoms with Crippen LogP contribution in [-0.4, -0.2) is 35.1 Å². The van der Waals surface area contributed by atoms with Crippen LogP contribution < -0.4 is 4.74 Å². The fraction of sp³-hybridized carbons (Fsp3) is 0.368. The van der Waals surface area contributed by atoms with Gasteiger partial charge in [0.05, 0.1) is 27.5 Å². The summed E-state index contributed by atoms with van der Waals surface area (Å²) in [5.41, 5.74) is -1.51. The van der Waals surface area contributed by atoms with E-state index in [4.69, 9.17) is 10.00 Å².